The Kier molecular flexibility index (Phi) is 4.72. The third-order valence-corrected chi connectivity index (χ3v) is 2.30. The highest BCUT2D eigenvalue weighted by Gasteiger charge is 2.30. The molecule has 1 amide bonds. The standard InChI is InChI=1S/C12H14F3NO2/c1-8(7-17)16-11(18)6-9-3-2-4-10(5-9)12(13,14)15/h2-5,8,17H,6-7H2,1H3,(H,16,18). The predicted octanol–water partition coefficient (Wildman–Crippen LogP) is 1.74. The Bertz CT molecular complexity index is 418. The Morgan fingerprint density at radius 2 is 2.11 bits per heavy atom. The number of hydrogen-bond acceptors (Lipinski definition) is 2. The molecule has 0 fully saturated rings. The largest absolute Gasteiger partial charge is 0.416 e. The second kappa shape index (κ2) is 5.86. The van der Waals surface area contributed by atoms with Gasteiger partial charge >= 0.3 is 6.18 Å². The quantitative estimate of drug-likeness (QED) is 0.867. The third kappa shape index (κ3) is 4.37. The molecule has 1 aromatic carbocycles. The molecule has 0 spiro atoms. The minimum atomic E-state index is -4.41. The molecule has 18 heavy (non-hydrogen) atoms. The van der Waals surface area contributed by atoms with Crippen LogP contribution in [0.2, 0.25) is 0 Å². The molecule has 6 heteroatoms. The van der Waals surface area contributed by atoms with Crippen LogP contribution in [0.15, 0.2) is 24.3 Å². The summed E-state index contributed by atoms with van der Waals surface area (Å²) in [6, 6.07) is 4.21. The van der Waals surface area contributed by atoms with Gasteiger partial charge in [0.05, 0.1) is 18.6 Å². The normalized spacial score (nSPS) is 13.2. The Labute approximate surface area is 103 Å². The molecule has 1 rings (SSSR count). The molecule has 3 nitrogen and oxygen atoms in total. The van der Waals surface area contributed by atoms with Gasteiger partial charge in [0.2, 0.25) is 5.91 Å². The van der Waals surface area contributed by atoms with Crippen LogP contribution in [0.5, 0.6) is 0 Å². The van der Waals surface area contributed by atoms with Crippen molar-refractivity contribution >= 4 is 5.91 Å². The Morgan fingerprint density at radius 3 is 2.67 bits per heavy atom. The molecule has 0 radical (unpaired) electrons. The summed E-state index contributed by atoms with van der Waals surface area (Å²) in [4.78, 5) is 11.4. The third-order valence-electron chi connectivity index (χ3n) is 2.30. The van der Waals surface area contributed by atoms with Gasteiger partial charge in [-0.1, -0.05) is 18.2 Å². The number of amides is 1. The molecular formula is C12H14F3NO2. The fourth-order valence-corrected chi connectivity index (χ4v) is 1.41. The van der Waals surface area contributed by atoms with E-state index in [1.165, 1.54) is 12.1 Å². The van der Waals surface area contributed by atoms with Crippen LogP contribution in [0.3, 0.4) is 0 Å². The van der Waals surface area contributed by atoms with E-state index in [9.17, 15) is 18.0 Å². The average Bonchev–Trinajstić information content (AvgIpc) is 2.27. The van der Waals surface area contributed by atoms with E-state index < -0.39 is 23.7 Å². The smallest absolute Gasteiger partial charge is 0.394 e. The lowest BCUT2D eigenvalue weighted by Crippen LogP contribution is -2.36. The van der Waals surface area contributed by atoms with E-state index in [2.05, 4.69) is 5.32 Å². The number of carbonyl (C=O) groups excluding carboxylic acids is 1. The molecule has 100 valence electrons. The van der Waals surface area contributed by atoms with Crippen LogP contribution in [0.1, 0.15) is 18.1 Å². The van der Waals surface area contributed by atoms with Gasteiger partial charge in [-0.15, -0.1) is 0 Å². The van der Waals surface area contributed by atoms with E-state index in [1.807, 2.05) is 0 Å². The van der Waals surface area contributed by atoms with E-state index in [-0.39, 0.29) is 18.6 Å². The van der Waals surface area contributed by atoms with Gasteiger partial charge in [0, 0.05) is 6.04 Å². The van der Waals surface area contributed by atoms with Gasteiger partial charge in [-0.25, -0.2) is 0 Å². The summed E-state index contributed by atoms with van der Waals surface area (Å²) in [6.07, 6.45) is -4.56. The predicted molar refractivity (Wildman–Crippen MR) is 59.8 cm³/mol. The van der Waals surface area contributed by atoms with Crippen molar-refractivity contribution in [2.24, 2.45) is 0 Å². The van der Waals surface area contributed by atoms with E-state index in [0.717, 1.165) is 12.1 Å². The van der Waals surface area contributed by atoms with Crippen LogP contribution in [-0.4, -0.2) is 23.7 Å². The number of benzene rings is 1. The summed E-state index contributed by atoms with van der Waals surface area (Å²) in [5.74, 6) is -0.420. The number of nitrogens with one attached hydrogen (secondary N) is 1. The number of aliphatic hydroxyl groups is 1. The fourth-order valence-electron chi connectivity index (χ4n) is 1.41. The van der Waals surface area contributed by atoms with Crippen LogP contribution in [0, 0.1) is 0 Å². The van der Waals surface area contributed by atoms with Crippen LogP contribution in [0.25, 0.3) is 0 Å². The second-order valence-electron chi connectivity index (χ2n) is 4.03. The van der Waals surface area contributed by atoms with Gasteiger partial charge in [-0.2, -0.15) is 13.2 Å². The maximum absolute atomic E-state index is 12.4. The SMILES string of the molecule is CC(CO)NC(=O)Cc1cccc(C(F)(F)F)c1. The number of hydrogen-bond donors (Lipinski definition) is 2. The zero-order valence-corrected chi connectivity index (χ0v) is 9.79. The zero-order chi connectivity index (χ0) is 13.8. The highest BCUT2D eigenvalue weighted by molar-refractivity contribution is 5.78. The molecule has 2 N–H and O–H groups in total. The second-order valence-corrected chi connectivity index (χ2v) is 4.03. The molecule has 0 bridgehead atoms. The van der Waals surface area contributed by atoms with Crippen LogP contribution in [-0.2, 0) is 17.4 Å². The van der Waals surface area contributed by atoms with E-state index in [0.29, 0.717) is 0 Å². The first kappa shape index (κ1) is 14.5. The summed E-state index contributed by atoms with van der Waals surface area (Å²) in [7, 11) is 0. The van der Waals surface area contributed by atoms with Gasteiger partial charge in [-0.3, -0.25) is 4.79 Å². The van der Waals surface area contributed by atoms with E-state index in [1.54, 1.807) is 6.92 Å². The van der Waals surface area contributed by atoms with Gasteiger partial charge in [0.15, 0.2) is 0 Å². The fraction of sp³-hybridized carbons (Fsp3) is 0.417. The Balaban J connectivity index is 2.71. The summed E-state index contributed by atoms with van der Waals surface area (Å²) in [5, 5.41) is 11.2. The molecule has 1 atom stereocenters. The maximum Gasteiger partial charge on any atom is 0.416 e. The molecule has 0 saturated carbocycles. The first-order valence-corrected chi connectivity index (χ1v) is 5.39. The van der Waals surface area contributed by atoms with Gasteiger partial charge in [-0.05, 0) is 18.6 Å². The molecule has 0 aromatic heterocycles. The summed E-state index contributed by atoms with van der Waals surface area (Å²) in [5.41, 5.74) is -0.490. The first-order chi connectivity index (χ1) is 8.32. The molecular weight excluding hydrogens is 247 g/mol. The van der Waals surface area contributed by atoms with Crippen molar-refractivity contribution in [1.82, 2.24) is 5.32 Å². The summed E-state index contributed by atoms with van der Waals surface area (Å²) < 4.78 is 37.3. The highest BCUT2D eigenvalue weighted by atomic mass is 19.4. The van der Waals surface area contributed by atoms with Crippen molar-refractivity contribution in [2.45, 2.75) is 25.6 Å². The van der Waals surface area contributed by atoms with Crippen molar-refractivity contribution < 1.29 is 23.1 Å². The van der Waals surface area contributed by atoms with Crippen LogP contribution < -0.4 is 5.32 Å². The molecule has 0 aliphatic carbocycles. The minimum Gasteiger partial charge on any atom is -0.394 e. The monoisotopic (exact) mass is 261 g/mol. The van der Waals surface area contributed by atoms with Crippen molar-refractivity contribution in [1.29, 1.82) is 0 Å². The molecule has 0 saturated heterocycles. The maximum atomic E-state index is 12.4. The molecule has 0 heterocycles. The summed E-state index contributed by atoms with van der Waals surface area (Å²) in [6.45, 7) is 1.39. The lowest BCUT2D eigenvalue weighted by molar-refractivity contribution is -0.137. The lowest BCUT2D eigenvalue weighted by atomic mass is 10.1. The highest BCUT2D eigenvalue weighted by Crippen LogP contribution is 2.29. The number of alkyl halides is 3. The lowest BCUT2D eigenvalue weighted by Gasteiger charge is -2.12. The molecule has 0 aliphatic heterocycles. The van der Waals surface area contributed by atoms with Gasteiger partial charge < -0.3 is 10.4 Å². The van der Waals surface area contributed by atoms with Crippen molar-refractivity contribution in [3.05, 3.63) is 35.4 Å². The molecule has 1 aromatic rings. The van der Waals surface area contributed by atoms with Crippen LogP contribution >= 0.6 is 0 Å². The topological polar surface area (TPSA) is 49.3 Å². The van der Waals surface area contributed by atoms with E-state index >= 15 is 0 Å². The Hall–Kier alpha value is -1.56. The number of rotatable bonds is 4. The van der Waals surface area contributed by atoms with Gasteiger partial charge in [0.1, 0.15) is 0 Å². The average molecular weight is 261 g/mol. The van der Waals surface area contributed by atoms with E-state index in [4.69, 9.17) is 5.11 Å². The van der Waals surface area contributed by atoms with Crippen LogP contribution in [0.4, 0.5) is 13.2 Å². The Morgan fingerprint density at radius 1 is 1.44 bits per heavy atom. The number of aliphatic hydroxyl groups excluding tert-OH is 1. The summed E-state index contributed by atoms with van der Waals surface area (Å²) >= 11 is 0. The molecule has 1 unspecified atom stereocenters. The number of halogens is 3. The first-order valence-electron chi connectivity index (χ1n) is 5.39. The number of carbonyl (C=O) groups is 1. The van der Waals surface area contributed by atoms with Crippen molar-refractivity contribution in [2.75, 3.05) is 6.61 Å². The minimum absolute atomic E-state index is 0.145. The zero-order valence-electron chi connectivity index (χ0n) is 9.79. The van der Waals surface area contributed by atoms with Crippen molar-refractivity contribution in [3.8, 4) is 0 Å². The van der Waals surface area contributed by atoms with Gasteiger partial charge in [0.25, 0.3) is 0 Å². The van der Waals surface area contributed by atoms with Crippen molar-refractivity contribution in [3.63, 3.8) is 0 Å². The molecule has 0 aliphatic rings.